The Labute approximate surface area is 115 Å². The largest absolute Gasteiger partial charge is 0.494 e. The number of ether oxygens (including phenoxy) is 1. The van der Waals surface area contributed by atoms with Gasteiger partial charge in [0.1, 0.15) is 5.75 Å². The number of carbonyl (C=O) groups is 1. The predicted octanol–water partition coefficient (Wildman–Crippen LogP) is 3.02. The van der Waals surface area contributed by atoms with Crippen LogP contribution in [0.2, 0.25) is 0 Å². The summed E-state index contributed by atoms with van der Waals surface area (Å²) in [5, 5.41) is 9.01. The van der Waals surface area contributed by atoms with E-state index >= 15 is 0 Å². The Morgan fingerprint density at radius 1 is 1.32 bits per heavy atom. The van der Waals surface area contributed by atoms with Gasteiger partial charge in [0.2, 0.25) is 0 Å². The lowest BCUT2D eigenvalue weighted by molar-refractivity contribution is -0.140. The van der Waals surface area contributed by atoms with Crippen molar-refractivity contribution in [1.29, 1.82) is 0 Å². The molecule has 1 N–H and O–H groups in total. The molecule has 4 nitrogen and oxygen atoms in total. The molecule has 0 saturated carbocycles. The van der Waals surface area contributed by atoms with E-state index in [2.05, 4.69) is 11.8 Å². The minimum Gasteiger partial charge on any atom is -0.494 e. The van der Waals surface area contributed by atoms with Gasteiger partial charge in [0, 0.05) is 18.8 Å². The molecule has 1 aromatic rings. The van der Waals surface area contributed by atoms with Crippen LogP contribution in [0.4, 0.5) is 5.69 Å². The SMILES string of the molecule is CCCN(CC(C)C(=O)O)c1ccc(OCC)cc1. The summed E-state index contributed by atoms with van der Waals surface area (Å²) in [6.07, 6.45) is 0.986. The lowest BCUT2D eigenvalue weighted by Gasteiger charge is -2.26. The van der Waals surface area contributed by atoms with Gasteiger partial charge in [-0.15, -0.1) is 0 Å². The second-order valence-corrected chi connectivity index (χ2v) is 4.61. The van der Waals surface area contributed by atoms with E-state index in [1.165, 1.54) is 0 Å². The highest BCUT2D eigenvalue weighted by atomic mass is 16.5. The van der Waals surface area contributed by atoms with Gasteiger partial charge in [0.15, 0.2) is 0 Å². The van der Waals surface area contributed by atoms with Crippen molar-refractivity contribution < 1.29 is 14.6 Å². The molecule has 1 unspecified atom stereocenters. The fraction of sp³-hybridized carbons (Fsp3) is 0.533. The number of hydrogen-bond donors (Lipinski definition) is 1. The maximum absolute atomic E-state index is 11.0. The fourth-order valence-corrected chi connectivity index (χ4v) is 1.92. The molecule has 0 amide bonds. The molecule has 19 heavy (non-hydrogen) atoms. The van der Waals surface area contributed by atoms with Crippen LogP contribution in [0.3, 0.4) is 0 Å². The highest BCUT2D eigenvalue weighted by Gasteiger charge is 2.16. The van der Waals surface area contributed by atoms with Crippen LogP contribution >= 0.6 is 0 Å². The number of aliphatic carboxylic acids is 1. The third kappa shape index (κ3) is 4.81. The van der Waals surface area contributed by atoms with Crippen LogP contribution in [0.15, 0.2) is 24.3 Å². The zero-order chi connectivity index (χ0) is 14.3. The number of hydrogen-bond acceptors (Lipinski definition) is 3. The third-order valence-corrected chi connectivity index (χ3v) is 2.92. The smallest absolute Gasteiger partial charge is 0.308 e. The number of carboxylic acid groups (broad SMARTS) is 1. The van der Waals surface area contributed by atoms with Crippen LogP contribution in [0.1, 0.15) is 27.2 Å². The van der Waals surface area contributed by atoms with E-state index in [-0.39, 0.29) is 5.92 Å². The summed E-state index contributed by atoms with van der Waals surface area (Å²) in [5.41, 5.74) is 1.04. The molecule has 1 aromatic carbocycles. The maximum atomic E-state index is 11.0. The summed E-state index contributed by atoms with van der Waals surface area (Å²) in [5.74, 6) is -0.292. The molecule has 1 rings (SSSR count). The average Bonchev–Trinajstić information content (AvgIpc) is 2.39. The van der Waals surface area contributed by atoms with E-state index in [0.29, 0.717) is 13.2 Å². The molecular formula is C15H23NO3. The number of carboxylic acids is 1. The highest BCUT2D eigenvalue weighted by Crippen LogP contribution is 2.20. The van der Waals surface area contributed by atoms with Crippen molar-refractivity contribution in [3.8, 4) is 5.75 Å². The van der Waals surface area contributed by atoms with Crippen molar-refractivity contribution in [3.63, 3.8) is 0 Å². The number of rotatable bonds is 8. The lowest BCUT2D eigenvalue weighted by Crippen LogP contribution is -2.32. The standard InChI is InChI=1S/C15H23NO3/c1-4-10-16(11-12(3)15(17)18)13-6-8-14(9-7-13)19-5-2/h6-9,12H,4-5,10-11H2,1-3H3,(H,17,18). The van der Waals surface area contributed by atoms with Crippen molar-refractivity contribution in [2.75, 3.05) is 24.6 Å². The summed E-state index contributed by atoms with van der Waals surface area (Å²) < 4.78 is 5.41. The maximum Gasteiger partial charge on any atom is 0.308 e. The Balaban J connectivity index is 2.77. The van der Waals surface area contributed by atoms with E-state index in [1.807, 2.05) is 31.2 Å². The molecule has 0 fully saturated rings. The molecular weight excluding hydrogens is 242 g/mol. The van der Waals surface area contributed by atoms with Gasteiger partial charge in [0.25, 0.3) is 0 Å². The monoisotopic (exact) mass is 265 g/mol. The van der Waals surface area contributed by atoms with Gasteiger partial charge in [-0.25, -0.2) is 0 Å². The van der Waals surface area contributed by atoms with E-state index in [9.17, 15) is 4.79 Å². The quantitative estimate of drug-likeness (QED) is 0.785. The number of anilines is 1. The van der Waals surface area contributed by atoms with Gasteiger partial charge in [0.05, 0.1) is 12.5 Å². The summed E-state index contributed by atoms with van der Waals surface area (Å²) in [7, 11) is 0. The second-order valence-electron chi connectivity index (χ2n) is 4.61. The molecule has 1 atom stereocenters. The molecule has 0 saturated heterocycles. The predicted molar refractivity (Wildman–Crippen MR) is 76.9 cm³/mol. The Morgan fingerprint density at radius 2 is 1.95 bits per heavy atom. The lowest BCUT2D eigenvalue weighted by atomic mass is 10.1. The molecule has 0 bridgehead atoms. The van der Waals surface area contributed by atoms with Crippen LogP contribution < -0.4 is 9.64 Å². The van der Waals surface area contributed by atoms with Gasteiger partial charge in [-0.1, -0.05) is 13.8 Å². The highest BCUT2D eigenvalue weighted by molar-refractivity contribution is 5.70. The Hall–Kier alpha value is -1.71. The van der Waals surface area contributed by atoms with Crippen molar-refractivity contribution >= 4 is 11.7 Å². The topological polar surface area (TPSA) is 49.8 Å². The first-order valence-electron chi connectivity index (χ1n) is 6.79. The fourth-order valence-electron chi connectivity index (χ4n) is 1.92. The number of benzene rings is 1. The van der Waals surface area contributed by atoms with Crippen LogP contribution in [0.5, 0.6) is 5.75 Å². The molecule has 0 aromatic heterocycles. The van der Waals surface area contributed by atoms with Gasteiger partial charge < -0.3 is 14.7 Å². The van der Waals surface area contributed by atoms with Crippen LogP contribution in [0.25, 0.3) is 0 Å². The zero-order valence-electron chi connectivity index (χ0n) is 11.9. The van der Waals surface area contributed by atoms with Crippen molar-refractivity contribution in [2.45, 2.75) is 27.2 Å². The van der Waals surface area contributed by atoms with Crippen molar-refractivity contribution in [2.24, 2.45) is 5.92 Å². The third-order valence-electron chi connectivity index (χ3n) is 2.92. The molecule has 0 aliphatic heterocycles. The Bertz CT molecular complexity index is 389. The van der Waals surface area contributed by atoms with E-state index in [1.54, 1.807) is 6.92 Å². The normalized spacial score (nSPS) is 11.9. The van der Waals surface area contributed by atoms with Crippen LogP contribution in [0, 0.1) is 5.92 Å². The molecule has 0 spiro atoms. The zero-order valence-corrected chi connectivity index (χ0v) is 11.9. The Morgan fingerprint density at radius 3 is 2.42 bits per heavy atom. The molecule has 106 valence electrons. The second kappa shape index (κ2) is 7.67. The van der Waals surface area contributed by atoms with Crippen LogP contribution in [-0.2, 0) is 4.79 Å². The van der Waals surface area contributed by atoms with E-state index in [4.69, 9.17) is 9.84 Å². The summed E-state index contributed by atoms with van der Waals surface area (Å²) in [6, 6.07) is 7.81. The molecule has 0 aliphatic carbocycles. The van der Waals surface area contributed by atoms with Crippen molar-refractivity contribution in [3.05, 3.63) is 24.3 Å². The first-order valence-corrected chi connectivity index (χ1v) is 6.79. The summed E-state index contributed by atoms with van der Waals surface area (Å²) >= 11 is 0. The van der Waals surface area contributed by atoms with Crippen molar-refractivity contribution in [1.82, 2.24) is 0 Å². The van der Waals surface area contributed by atoms with Gasteiger partial charge in [-0.05, 0) is 37.6 Å². The molecule has 4 heteroatoms. The summed E-state index contributed by atoms with van der Waals surface area (Å²) in [4.78, 5) is 13.1. The first kappa shape index (κ1) is 15.3. The molecule has 0 aliphatic rings. The van der Waals surface area contributed by atoms with Crippen LogP contribution in [-0.4, -0.2) is 30.8 Å². The minimum absolute atomic E-state index is 0.377. The van der Waals surface area contributed by atoms with E-state index in [0.717, 1.165) is 24.4 Å². The van der Waals surface area contributed by atoms with E-state index < -0.39 is 5.97 Å². The molecule has 0 heterocycles. The average molecular weight is 265 g/mol. The molecule has 0 radical (unpaired) electrons. The van der Waals surface area contributed by atoms with Gasteiger partial charge in [-0.2, -0.15) is 0 Å². The Kier molecular flexibility index (Phi) is 6.19. The first-order chi connectivity index (χ1) is 9.08. The number of nitrogens with zero attached hydrogens (tertiary/aromatic N) is 1. The summed E-state index contributed by atoms with van der Waals surface area (Å²) in [6.45, 7) is 7.80. The minimum atomic E-state index is -0.757. The van der Waals surface area contributed by atoms with Gasteiger partial charge in [-0.3, -0.25) is 4.79 Å². The van der Waals surface area contributed by atoms with Gasteiger partial charge >= 0.3 is 5.97 Å².